The number of amides is 1. The number of nitrogens with zero attached hydrogens (tertiary/aromatic N) is 3. The van der Waals surface area contributed by atoms with Gasteiger partial charge in [0, 0.05) is 13.7 Å². The van der Waals surface area contributed by atoms with Crippen LogP contribution in [0.5, 0.6) is 5.75 Å². The molecule has 0 unspecified atom stereocenters. The minimum absolute atomic E-state index is 0.00644. The topological polar surface area (TPSA) is 89.3 Å². The summed E-state index contributed by atoms with van der Waals surface area (Å²) < 4.78 is 6.86. The van der Waals surface area contributed by atoms with Gasteiger partial charge in [-0.1, -0.05) is 12.1 Å². The Bertz CT molecular complexity index is 654. The van der Waals surface area contributed by atoms with Gasteiger partial charge in [-0.3, -0.25) is 4.79 Å². The van der Waals surface area contributed by atoms with Crippen LogP contribution in [-0.2, 0) is 11.3 Å². The Morgan fingerprint density at radius 2 is 2.27 bits per heavy atom. The summed E-state index contributed by atoms with van der Waals surface area (Å²) in [6, 6.07) is 4.72. The molecule has 1 atom stereocenters. The number of aryl methyl sites for hydroxylation is 1. The van der Waals surface area contributed by atoms with Gasteiger partial charge in [0.25, 0.3) is 5.91 Å². The molecule has 22 heavy (non-hydrogen) atoms. The van der Waals surface area contributed by atoms with E-state index in [0.717, 1.165) is 0 Å². The van der Waals surface area contributed by atoms with E-state index in [4.69, 9.17) is 4.74 Å². The maximum Gasteiger partial charge on any atom is 0.255 e. The second-order valence-electron chi connectivity index (χ2n) is 5.04. The Balaban J connectivity index is 2.11. The number of aromatic hydroxyl groups is 1. The van der Waals surface area contributed by atoms with E-state index in [0.29, 0.717) is 24.5 Å². The Kier molecular flexibility index (Phi) is 5.11. The number of methoxy groups -OCH3 is 1. The van der Waals surface area contributed by atoms with E-state index in [1.54, 1.807) is 38.6 Å². The molecule has 1 heterocycles. The molecule has 0 fully saturated rings. The molecule has 1 aromatic carbocycles. The van der Waals surface area contributed by atoms with Gasteiger partial charge in [-0.2, -0.15) is 0 Å². The van der Waals surface area contributed by atoms with E-state index in [1.165, 1.54) is 0 Å². The van der Waals surface area contributed by atoms with Crippen LogP contribution in [0.1, 0.15) is 34.7 Å². The third-order valence-corrected chi connectivity index (χ3v) is 3.40. The molecule has 2 N–H and O–H groups in total. The number of carbonyl (C=O) groups excluding carboxylic acids is 1. The lowest BCUT2D eigenvalue weighted by Gasteiger charge is -2.15. The minimum Gasteiger partial charge on any atom is -0.507 e. The van der Waals surface area contributed by atoms with Crippen molar-refractivity contribution < 1.29 is 14.6 Å². The number of carbonyl (C=O) groups is 1. The van der Waals surface area contributed by atoms with Gasteiger partial charge in [-0.25, -0.2) is 0 Å². The van der Waals surface area contributed by atoms with Crippen LogP contribution in [0.25, 0.3) is 0 Å². The van der Waals surface area contributed by atoms with Crippen LogP contribution >= 0.6 is 0 Å². The first kappa shape index (κ1) is 16.0. The first-order valence-corrected chi connectivity index (χ1v) is 7.00. The number of ether oxygens (including phenoxy) is 1. The second kappa shape index (κ2) is 7.04. The molecule has 1 amide bonds. The van der Waals surface area contributed by atoms with Crippen molar-refractivity contribution in [2.75, 3.05) is 13.7 Å². The van der Waals surface area contributed by atoms with Gasteiger partial charge >= 0.3 is 0 Å². The van der Waals surface area contributed by atoms with Crippen molar-refractivity contribution in [3.8, 4) is 5.75 Å². The zero-order valence-corrected chi connectivity index (χ0v) is 12.9. The molecular weight excluding hydrogens is 284 g/mol. The highest BCUT2D eigenvalue weighted by Gasteiger charge is 2.19. The lowest BCUT2D eigenvalue weighted by atomic mass is 10.1. The number of para-hydroxylation sites is 1. The quantitative estimate of drug-likeness (QED) is 0.842. The number of hydrogen-bond acceptors (Lipinski definition) is 5. The Hall–Kier alpha value is -2.41. The maximum atomic E-state index is 12.3. The van der Waals surface area contributed by atoms with Crippen LogP contribution in [-0.4, -0.2) is 39.5 Å². The highest BCUT2D eigenvalue weighted by atomic mass is 16.5. The zero-order chi connectivity index (χ0) is 16.1. The van der Waals surface area contributed by atoms with Gasteiger partial charge in [-0.05, 0) is 25.5 Å². The Morgan fingerprint density at radius 3 is 3.00 bits per heavy atom. The molecule has 1 aromatic heterocycles. The SMILES string of the molecule is COCCn1cnnc1[C@H](C)NC(=O)c1cccc(C)c1O. The summed E-state index contributed by atoms with van der Waals surface area (Å²) in [5.41, 5.74) is 0.901. The molecule has 2 aromatic rings. The lowest BCUT2D eigenvalue weighted by Crippen LogP contribution is -2.29. The van der Waals surface area contributed by atoms with E-state index in [2.05, 4.69) is 15.5 Å². The van der Waals surface area contributed by atoms with Crippen LogP contribution in [0.15, 0.2) is 24.5 Å². The predicted octanol–water partition coefficient (Wildman–Crippen LogP) is 1.43. The Labute approximate surface area is 128 Å². The van der Waals surface area contributed by atoms with Gasteiger partial charge in [0.1, 0.15) is 12.1 Å². The van der Waals surface area contributed by atoms with Crippen molar-refractivity contribution in [2.45, 2.75) is 26.4 Å². The fourth-order valence-corrected chi connectivity index (χ4v) is 2.14. The molecule has 7 nitrogen and oxygen atoms in total. The number of phenols is 1. The first-order valence-electron chi connectivity index (χ1n) is 7.00. The smallest absolute Gasteiger partial charge is 0.255 e. The highest BCUT2D eigenvalue weighted by Crippen LogP contribution is 2.22. The third kappa shape index (κ3) is 3.43. The van der Waals surface area contributed by atoms with Crippen molar-refractivity contribution in [2.24, 2.45) is 0 Å². The molecule has 2 rings (SSSR count). The van der Waals surface area contributed by atoms with Crippen LogP contribution in [0.4, 0.5) is 0 Å². The summed E-state index contributed by atoms with van der Waals surface area (Å²) in [5.74, 6) is 0.278. The third-order valence-electron chi connectivity index (χ3n) is 3.40. The fraction of sp³-hybridized carbons (Fsp3) is 0.400. The summed E-state index contributed by atoms with van der Waals surface area (Å²) in [7, 11) is 1.62. The van der Waals surface area contributed by atoms with E-state index >= 15 is 0 Å². The molecule has 0 saturated carbocycles. The van der Waals surface area contributed by atoms with Gasteiger partial charge in [-0.15, -0.1) is 10.2 Å². The number of rotatable bonds is 6. The predicted molar refractivity (Wildman–Crippen MR) is 80.6 cm³/mol. The van der Waals surface area contributed by atoms with E-state index in [1.807, 2.05) is 11.5 Å². The largest absolute Gasteiger partial charge is 0.507 e. The average Bonchev–Trinajstić information content (AvgIpc) is 2.96. The molecule has 0 aliphatic carbocycles. The summed E-state index contributed by atoms with van der Waals surface area (Å²) in [6.45, 7) is 4.70. The highest BCUT2D eigenvalue weighted by molar-refractivity contribution is 5.97. The van der Waals surface area contributed by atoms with Gasteiger partial charge in [0.15, 0.2) is 5.82 Å². The number of phenolic OH excluding ortho intramolecular Hbond substituents is 1. The molecule has 0 spiro atoms. The average molecular weight is 304 g/mol. The maximum absolute atomic E-state index is 12.3. The molecule has 0 aliphatic rings. The van der Waals surface area contributed by atoms with Crippen molar-refractivity contribution in [1.82, 2.24) is 20.1 Å². The van der Waals surface area contributed by atoms with E-state index < -0.39 is 0 Å². The fourth-order valence-electron chi connectivity index (χ4n) is 2.14. The normalized spacial score (nSPS) is 12.1. The monoisotopic (exact) mass is 304 g/mol. The van der Waals surface area contributed by atoms with Crippen LogP contribution in [0.3, 0.4) is 0 Å². The summed E-state index contributed by atoms with van der Waals surface area (Å²) >= 11 is 0. The number of aromatic nitrogens is 3. The van der Waals surface area contributed by atoms with Crippen molar-refractivity contribution >= 4 is 5.91 Å². The molecule has 0 aliphatic heterocycles. The van der Waals surface area contributed by atoms with E-state index in [9.17, 15) is 9.90 Å². The molecule has 7 heteroatoms. The summed E-state index contributed by atoms with van der Waals surface area (Å²) in [6.07, 6.45) is 1.60. The lowest BCUT2D eigenvalue weighted by molar-refractivity contribution is 0.0934. The minimum atomic E-state index is -0.352. The van der Waals surface area contributed by atoms with Crippen molar-refractivity contribution in [3.05, 3.63) is 41.5 Å². The molecule has 0 saturated heterocycles. The van der Waals surface area contributed by atoms with E-state index in [-0.39, 0.29) is 23.3 Å². The van der Waals surface area contributed by atoms with Gasteiger partial charge in [0.2, 0.25) is 0 Å². The summed E-state index contributed by atoms with van der Waals surface area (Å²) in [4.78, 5) is 12.3. The number of benzene rings is 1. The zero-order valence-electron chi connectivity index (χ0n) is 12.9. The molecule has 118 valence electrons. The Morgan fingerprint density at radius 1 is 1.50 bits per heavy atom. The standard InChI is InChI=1S/C15H20N4O3/c1-10-5-4-6-12(13(10)20)15(21)17-11(2)14-18-16-9-19(14)7-8-22-3/h4-6,9,11,20H,7-8H2,1-3H3,(H,17,21)/t11-/m0/s1. The summed E-state index contributed by atoms with van der Waals surface area (Å²) in [5, 5.41) is 20.7. The van der Waals surface area contributed by atoms with Crippen LogP contribution in [0, 0.1) is 6.92 Å². The van der Waals surface area contributed by atoms with Gasteiger partial charge in [0.05, 0.1) is 18.2 Å². The molecule has 0 radical (unpaired) electrons. The molecule has 0 bridgehead atoms. The van der Waals surface area contributed by atoms with Crippen LogP contribution in [0.2, 0.25) is 0 Å². The van der Waals surface area contributed by atoms with Crippen LogP contribution < -0.4 is 5.32 Å². The van der Waals surface area contributed by atoms with Crippen molar-refractivity contribution in [1.29, 1.82) is 0 Å². The number of nitrogens with one attached hydrogen (secondary N) is 1. The van der Waals surface area contributed by atoms with Gasteiger partial charge < -0.3 is 19.7 Å². The molecular formula is C15H20N4O3. The second-order valence-corrected chi connectivity index (χ2v) is 5.04. The van der Waals surface area contributed by atoms with Crippen molar-refractivity contribution in [3.63, 3.8) is 0 Å². The number of hydrogen-bond donors (Lipinski definition) is 2. The first-order chi connectivity index (χ1) is 10.5.